The summed E-state index contributed by atoms with van der Waals surface area (Å²) in [6.45, 7) is 1.99. The number of carbonyl (C=O) groups excluding carboxylic acids is 2. The topological polar surface area (TPSA) is 230 Å². The van der Waals surface area contributed by atoms with E-state index in [2.05, 4.69) is 63.5 Å². The second-order valence-corrected chi connectivity index (χ2v) is 17.5. The molecule has 0 fully saturated rings. The zero-order valence-electron chi connectivity index (χ0n) is 37.3. The molecule has 4 aromatic heterocycles. The van der Waals surface area contributed by atoms with Crippen LogP contribution in [0.5, 0.6) is 0 Å². The number of imidazole rings is 2. The highest BCUT2D eigenvalue weighted by molar-refractivity contribution is 7.05. The lowest BCUT2D eigenvalue weighted by molar-refractivity contribution is -0.152. The van der Waals surface area contributed by atoms with Crippen molar-refractivity contribution < 1.29 is 38.0 Å². The first-order chi connectivity index (χ1) is 33.4. The van der Waals surface area contributed by atoms with Gasteiger partial charge in [-0.25, -0.2) is 19.9 Å². The lowest BCUT2D eigenvalue weighted by Gasteiger charge is -2.31. The lowest BCUT2D eigenvalue weighted by Crippen LogP contribution is -2.41. The largest absolute Gasteiger partial charge is 0.462 e. The van der Waals surface area contributed by atoms with Crippen molar-refractivity contribution in [3.05, 3.63) is 143 Å². The van der Waals surface area contributed by atoms with Gasteiger partial charge in [-0.05, 0) is 59.9 Å². The number of rotatable bonds is 28. The van der Waals surface area contributed by atoms with Crippen molar-refractivity contribution in [1.82, 2.24) is 53.4 Å². The minimum Gasteiger partial charge on any atom is -0.462 e. The summed E-state index contributed by atoms with van der Waals surface area (Å²) in [7, 11) is 0. The molecule has 2 aliphatic heterocycles. The summed E-state index contributed by atoms with van der Waals surface area (Å²) in [6, 6.07) is 19.8. The van der Waals surface area contributed by atoms with E-state index in [0.29, 0.717) is 88.1 Å². The fourth-order valence-corrected chi connectivity index (χ4v) is 8.73. The van der Waals surface area contributed by atoms with Crippen molar-refractivity contribution in [2.24, 2.45) is 5.73 Å². The highest BCUT2D eigenvalue weighted by Crippen LogP contribution is 2.25. The fourth-order valence-electron chi connectivity index (χ4n) is 7.47. The van der Waals surface area contributed by atoms with Gasteiger partial charge >= 0.3 is 11.9 Å². The molecular weight excluding hydrogens is 913 g/mol. The van der Waals surface area contributed by atoms with E-state index in [4.69, 9.17) is 39.1 Å². The molecular formula is C46H54N12O8S2. The van der Waals surface area contributed by atoms with Gasteiger partial charge in [-0.2, -0.15) is 8.75 Å². The number of aromatic nitrogens is 8. The Bertz CT molecular complexity index is 2510. The van der Waals surface area contributed by atoms with Crippen LogP contribution >= 0.6 is 23.1 Å². The molecule has 6 heterocycles. The van der Waals surface area contributed by atoms with Crippen LogP contribution < -0.4 is 16.4 Å². The van der Waals surface area contributed by atoms with Gasteiger partial charge in [-0.15, -0.1) is 0 Å². The molecule has 4 N–H and O–H groups in total. The lowest BCUT2D eigenvalue weighted by atomic mass is 10.0. The van der Waals surface area contributed by atoms with Crippen LogP contribution in [0.3, 0.4) is 0 Å². The molecule has 4 unspecified atom stereocenters. The minimum absolute atomic E-state index is 0.0908. The summed E-state index contributed by atoms with van der Waals surface area (Å²) < 4.78 is 46.6. The molecule has 20 nitrogen and oxygen atoms in total. The van der Waals surface area contributed by atoms with Gasteiger partial charge in [0, 0.05) is 63.6 Å². The molecule has 0 aliphatic carbocycles. The monoisotopic (exact) mass is 966 g/mol. The Morgan fingerprint density at radius 1 is 0.750 bits per heavy atom. The SMILES string of the molecule is NC(CCN(Cc1nc(-n2ccnc2)ns1)C(Cc1ccccc1)C1=COCO1)OC(=O)CCCCC(=O)OC(CCNC(Cc1ccccc1)C1=COCO1)NCc1nc(-n2ccnc2)ns1. The maximum absolute atomic E-state index is 13.3. The third kappa shape index (κ3) is 14.5. The van der Waals surface area contributed by atoms with Crippen LogP contribution in [-0.4, -0.2) is 106 Å². The van der Waals surface area contributed by atoms with Crippen LogP contribution in [0.1, 0.15) is 59.7 Å². The van der Waals surface area contributed by atoms with E-state index >= 15 is 0 Å². The number of benzene rings is 2. The quantitative estimate of drug-likeness (QED) is 0.0338. The second-order valence-electron chi connectivity index (χ2n) is 15.9. The zero-order valence-corrected chi connectivity index (χ0v) is 38.9. The van der Waals surface area contributed by atoms with Crippen LogP contribution in [0.15, 0.2) is 122 Å². The van der Waals surface area contributed by atoms with E-state index in [-0.39, 0.29) is 38.5 Å². The summed E-state index contributed by atoms with van der Waals surface area (Å²) in [5.74, 6) is 1.59. The predicted octanol–water partition coefficient (Wildman–Crippen LogP) is 4.89. The number of unbranched alkanes of at least 4 members (excludes halogenated alkanes) is 1. The number of carbonyl (C=O) groups is 2. The van der Waals surface area contributed by atoms with E-state index in [1.807, 2.05) is 36.4 Å². The van der Waals surface area contributed by atoms with Crippen LogP contribution in [0.2, 0.25) is 0 Å². The molecule has 6 aromatic rings. The Morgan fingerprint density at radius 2 is 1.35 bits per heavy atom. The molecule has 0 saturated carbocycles. The Kier molecular flexibility index (Phi) is 17.6. The van der Waals surface area contributed by atoms with Crippen molar-refractivity contribution in [2.75, 3.05) is 26.7 Å². The number of nitrogens with zero attached hydrogens (tertiary/aromatic N) is 9. The van der Waals surface area contributed by atoms with Gasteiger partial charge in [0.15, 0.2) is 24.0 Å². The summed E-state index contributed by atoms with van der Waals surface area (Å²) >= 11 is 2.55. The van der Waals surface area contributed by atoms with Crippen LogP contribution in [0.4, 0.5) is 0 Å². The van der Waals surface area contributed by atoms with Gasteiger partial charge in [0.2, 0.25) is 25.5 Å². The number of nitrogens with one attached hydrogen (secondary N) is 2. The molecule has 2 aromatic carbocycles. The standard InChI is InChI=1S/C46H54N12O8S2/c47-39(16-20-56(26-42-53-46(55-68-42)58-22-19-49-30-58)36(38-28-62-32-64-38)24-34-11-5-2-6-12-34)65-43(59)13-7-8-14-44(60)66-40(51-25-41-52-45(54-67-41)57-21-18-48-29-57)15-17-50-35(37-27-61-31-63-37)23-33-9-3-1-4-10-33/h1-6,9-12,18-19,21-22,27-30,35-36,39-40,50-51H,7-8,13-17,20,23-26,31-32,47H2. The van der Waals surface area contributed by atoms with Gasteiger partial charge in [0.05, 0.1) is 25.2 Å². The van der Waals surface area contributed by atoms with Crippen molar-refractivity contribution in [3.8, 4) is 11.9 Å². The normalized spacial score (nSPS) is 15.0. The number of esters is 2. The number of ether oxygens (including phenoxy) is 6. The predicted molar refractivity (Wildman–Crippen MR) is 249 cm³/mol. The molecule has 0 amide bonds. The average molecular weight is 967 g/mol. The molecule has 0 saturated heterocycles. The third-order valence-electron chi connectivity index (χ3n) is 10.9. The first-order valence-electron chi connectivity index (χ1n) is 22.4. The Hall–Kier alpha value is -6.56. The average Bonchev–Trinajstić information content (AvgIpc) is 4.21. The van der Waals surface area contributed by atoms with Gasteiger partial charge in [0.25, 0.3) is 0 Å². The molecule has 0 radical (unpaired) electrons. The molecule has 0 spiro atoms. The van der Waals surface area contributed by atoms with Gasteiger partial charge in [0.1, 0.15) is 35.2 Å². The molecule has 358 valence electrons. The van der Waals surface area contributed by atoms with E-state index < -0.39 is 24.4 Å². The Balaban J connectivity index is 0.818. The van der Waals surface area contributed by atoms with Crippen LogP contribution in [0.25, 0.3) is 11.9 Å². The fraction of sp³-hybridized carbons (Fsp3) is 0.391. The van der Waals surface area contributed by atoms with E-state index in [0.717, 1.165) is 21.1 Å². The molecule has 22 heteroatoms. The van der Waals surface area contributed by atoms with Gasteiger partial charge in [-0.3, -0.25) is 34.7 Å². The van der Waals surface area contributed by atoms with Crippen LogP contribution in [0, 0.1) is 0 Å². The minimum atomic E-state index is -0.876. The van der Waals surface area contributed by atoms with E-state index in [1.165, 1.54) is 23.1 Å². The van der Waals surface area contributed by atoms with Crippen molar-refractivity contribution >= 4 is 35.0 Å². The Morgan fingerprint density at radius 3 is 1.97 bits per heavy atom. The summed E-state index contributed by atoms with van der Waals surface area (Å²) in [6.07, 6.45) is 15.0. The molecule has 2 aliphatic rings. The number of hydrogen-bond donors (Lipinski definition) is 3. The smallest absolute Gasteiger partial charge is 0.307 e. The van der Waals surface area contributed by atoms with Crippen molar-refractivity contribution in [1.29, 1.82) is 0 Å². The van der Waals surface area contributed by atoms with Crippen molar-refractivity contribution in [3.63, 3.8) is 0 Å². The van der Waals surface area contributed by atoms with Gasteiger partial charge < -0.3 is 33.7 Å². The molecule has 4 atom stereocenters. The van der Waals surface area contributed by atoms with E-state index in [1.54, 1.807) is 59.1 Å². The summed E-state index contributed by atoms with van der Waals surface area (Å²) in [5, 5.41) is 8.38. The third-order valence-corrected chi connectivity index (χ3v) is 12.3. The number of nitrogens with two attached hydrogens (primary N) is 1. The van der Waals surface area contributed by atoms with E-state index in [9.17, 15) is 9.59 Å². The zero-order chi connectivity index (χ0) is 46.8. The highest BCUT2D eigenvalue weighted by atomic mass is 32.1. The second kappa shape index (κ2) is 25.0. The highest BCUT2D eigenvalue weighted by Gasteiger charge is 2.29. The maximum atomic E-state index is 13.3. The van der Waals surface area contributed by atoms with Gasteiger partial charge in [-0.1, -0.05) is 60.7 Å². The maximum Gasteiger partial charge on any atom is 0.307 e. The summed E-state index contributed by atoms with van der Waals surface area (Å²) in [4.78, 5) is 46.0. The van der Waals surface area contributed by atoms with Crippen LogP contribution in [-0.2, 0) is 63.9 Å². The van der Waals surface area contributed by atoms with Crippen molar-refractivity contribution in [2.45, 2.75) is 89.0 Å². The Labute approximate surface area is 401 Å². The first-order valence-corrected chi connectivity index (χ1v) is 23.9. The summed E-state index contributed by atoms with van der Waals surface area (Å²) in [5.41, 5.74) is 8.68. The number of hydrogen-bond acceptors (Lipinski definition) is 20. The molecule has 68 heavy (non-hydrogen) atoms. The first kappa shape index (κ1) is 47.9. The molecule has 8 rings (SSSR count). The molecule has 0 bridgehead atoms.